The fourth-order valence-corrected chi connectivity index (χ4v) is 3.34. The van der Waals surface area contributed by atoms with Crippen LogP contribution in [0.25, 0.3) is 0 Å². The molecule has 0 saturated heterocycles. The van der Waals surface area contributed by atoms with Gasteiger partial charge in [-0.15, -0.1) is 22.7 Å². The Kier molecular flexibility index (Phi) is 4.96. The Bertz CT molecular complexity index is 496. The zero-order valence-corrected chi connectivity index (χ0v) is 13.5. The van der Waals surface area contributed by atoms with Crippen molar-refractivity contribution < 1.29 is 4.79 Å². The van der Waals surface area contributed by atoms with Crippen LogP contribution >= 0.6 is 22.7 Å². The number of carbonyl (C=O) groups is 1. The molecule has 3 nitrogen and oxygen atoms in total. The number of nitrogens with zero attached hydrogens (tertiary/aromatic N) is 1. The molecule has 0 spiro atoms. The third-order valence-electron chi connectivity index (χ3n) is 3.23. The van der Waals surface area contributed by atoms with Gasteiger partial charge in [0.2, 0.25) is 5.91 Å². The van der Waals surface area contributed by atoms with Crippen molar-refractivity contribution in [2.24, 2.45) is 11.1 Å². The molecule has 0 bridgehead atoms. The molecule has 0 aromatic carbocycles. The van der Waals surface area contributed by atoms with E-state index in [9.17, 15) is 4.79 Å². The van der Waals surface area contributed by atoms with Gasteiger partial charge >= 0.3 is 0 Å². The largest absolute Gasteiger partial charge is 0.332 e. The van der Waals surface area contributed by atoms with E-state index in [4.69, 9.17) is 5.73 Å². The minimum atomic E-state index is -0.519. The maximum atomic E-state index is 12.7. The van der Waals surface area contributed by atoms with Crippen LogP contribution in [0.2, 0.25) is 0 Å². The van der Waals surface area contributed by atoms with Crippen LogP contribution in [0.15, 0.2) is 35.0 Å². The van der Waals surface area contributed by atoms with E-state index < -0.39 is 5.41 Å². The summed E-state index contributed by atoms with van der Waals surface area (Å²) in [6.45, 7) is 5.48. The van der Waals surface area contributed by atoms with Gasteiger partial charge in [0.1, 0.15) is 0 Å². The number of thiophene rings is 2. The average molecular weight is 308 g/mol. The van der Waals surface area contributed by atoms with Crippen molar-refractivity contribution >= 4 is 28.6 Å². The summed E-state index contributed by atoms with van der Waals surface area (Å²) in [6, 6.07) is 8.16. The molecule has 0 aliphatic heterocycles. The molecule has 1 amide bonds. The molecule has 0 fully saturated rings. The van der Waals surface area contributed by atoms with Gasteiger partial charge in [0.25, 0.3) is 0 Å². The van der Waals surface area contributed by atoms with E-state index in [1.54, 1.807) is 22.7 Å². The molecule has 2 aromatic heterocycles. The van der Waals surface area contributed by atoms with Crippen LogP contribution in [0.5, 0.6) is 0 Å². The molecule has 20 heavy (non-hydrogen) atoms. The second-order valence-electron chi connectivity index (χ2n) is 5.41. The predicted octanol–water partition coefficient (Wildman–Crippen LogP) is 3.32. The first kappa shape index (κ1) is 15.2. The lowest BCUT2D eigenvalue weighted by molar-refractivity contribution is -0.141. The van der Waals surface area contributed by atoms with Gasteiger partial charge in [0.15, 0.2) is 0 Å². The Morgan fingerprint density at radius 3 is 2.00 bits per heavy atom. The molecule has 2 rings (SSSR count). The first-order valence-electron chi connectivity index (χ1n) is 6.57. The van der Waals surface area contributed by atoms with Crippen LogP contribution in [-0.4, -0.2) is 17.4 Å². The summed E-state index contributed by atoms with van der Waals surface area (Å²) in [4.78, 5) is 17.0. The lowest BCUT2D eigenvalue weighted by Crippen LogP contribution is -2.43. The third kappa shape index (κ3) is 3.69. The van der Waals surface area contributed by atoms with E-state index in [1.807, 2.05) is 41.6 Å². The molecule has 2 heterocycles. The van der Waals surface area contributed by atoms with Gasteiger partial charge in [0.05, 0.1) is 18.5 Å². The molecule has 2 aromatic rings. The Hall–Kier alpha value is -1.17. The van der Waals surface area contributed by atoms with E-state index in [2.05, 4.69) is 12.1 Å². The summed E-state index contributed by atoms with van der Waals surface area (Å²) < 4.78 is 0. The molecule has 0 radical (unpaired) electrons. The highest BCUT2D eigenvalue weighted by atomic mass is 32.1. The zero-order chi connectivity index (χ0) is 14.6. The molecule has 0 atom stereocenters. The van der Waals surface area contributed by atoms with Crippen LogP contribution in [0.3, 0.4) is 0 Å². The van der Waals surface area contributed by atoms with Gasteiger partial charge < -0.3 is 10.6 Å². The van der Waals surface area contributed by atoms with Crippen molar-refractivity contribution in [2.75, 3.05) is 6.54 Å². The molecule has 0 unspecified atom stereocenters. The number of hydrogen-bond acceptors (Lipinski definition) is 4. The average Bonchev–Trinajstić information content (AvgIpc) is 3.10. The number of nitrogens with two attached hydrogens (primary N) is 1. The van der Waals surface area contributed by atoms with Crippen molar-refractivity contribution in [3.8, 4) is 0 Å². The molecule has 2 N–H and O–H groups in total. The smallest absolute Gasteiger partial charge is 0.230 e. The first-order valence-corrected chi connectivity index (χ1v) is 8.33. The topological polar surface area (TPSA) is 46.3 Å². The SMILES string of the molecule is CC(C)(CN)C(=O)N(Cc1cccs1)Cc1cccs1. The van der Waals surface area contributed by atoms with Gasteiger partial charge in [-0.05, 0) is 36.7 Å². The Labute approximate surface area is 128 Å². The molecule has 0 aliphatic rings. The van der Waals surface area contributed by atoms with Gasteiger partial charge in [-0.1, -0.05) is 12.1 Å². The lowest BCUT2D eigenvalue weighted by atomic mass is 9.91. The number of amides is 1. The number of hydrogen-bond donors (Lipinski definition) is 1. The van der Waals surface area contributed by atoms with E-state index >= 15 is 0 Å². The summed E-state index contributed by atoms with van der Waals surface area (Å²) in [6.07, 6.45) is 0. The number of rotatable bonds is 6. The monoisotopic (exact) mass is 308 g/mol. The van der Waals surface area contributed by atoms with Crippen LogP contribution in [0.4, 0.5) is 0 Å². The summed E-state index contributed by atoms with van der Waals surface area (Å²) in [5.41, 5.74) is 5.23. The summed E-state index contributed by atoms with van der Waals surface area (Å²) in [5, 5.41) is 4.08. The molecular weight excluding hydrogens is 288 g/mol. The second kappa shape index (κ2) is 6.52. The fraction of sp³-hybridized carbons (Fsp3) is 0.400. The van der Waals surface area contributed by atoms with Crippen molar-refractivity contribution in [1.82, 2.24) is 4.90 Å². The van der Waals surface area contributed by atoms with E-state index in [-0.39, 0.29) is 5.91 Å². The van der Waals surface area contributed by atoms with Crippen molar-refractivity contribution in [3.63, 3.8) is 0 Å². The van der Waals surface area contributed by atoms with Crippen LogP contribution < -0.4 is 5.73 Å². The van der Waals surface area contributed by atoms with Crippen LogP contribution in [0, 0.1) is 5.41 Å². The maximum Gasteiger partial charge on any atom is 0.230 e. The van der Waals surface area contributed by atoms with Crippen LogP contribution in [0.1, 0.15) is 23.6 Å². The molecular formula is C15H20N2OS2. The quantitative estimate of drug-likeness (QED) is 0.890. The normalized spacial score (nSPS) is 11.6. The third-order valence-corrected chi connectivity index (χ3v) is 4.95. The Morgan fingerprint density at radius 2 is 1.65 bits per heavy atom. The van der Waals surface area contributed by atoms with E-state index in [1.165, 1.54) is 9.75 Å². The summed E-state index contributed by atoms with van der Waals surface area (Å²) in [5.74, 6) is 0.113. The van der Waals surface area contributed by atoms with Crippen molar-refractivity contribution in [3.05, 3.63) is 44.8 Å². The van der Waals surface area contributed by atoms with Gasteiger partial charge in [0, 0.05) is 16.3 Å². The predicted molar refractivity (Wildman–Crippen MR) is 85.7 cm³/mol. The van der Waals surface area contributed by atoms with Crippen molar-refractivity contribution in [2.45, 2.75) is 26.9 Å². The van der Waals surface area contributed by atoms with E-state index in [0.29, 0.717) is 19.6 Å². The number of carbonyl (C=O) groups excluding carboxylic acids is 1. The van der Waals surface area contributed by atoms with Crippen LogP contribution in [-0.2, 0) is 17.9 Å². The Morgan fingerprint density at radius 1 is 1.15 bits per heavy atom. The highest BCUT2D eigenvalue weighted by molar-refractivity contribution is 7.10. The Balaban J connectivity index is 2.17. The molecule has 0 aliphatic carbocycles. The highest BCUT2D eigenvalue weighted by Gasteiger charge is 2.31. The van der Waals surface area contributed by atoms with Gasteiger partial charge in [-0.25, -0.2) is 0 Å². The molecule has 108 valence electrons. The van der Waals surface area contributed by atoms with Gasteiger partial charge in [-0.3, -0.25) is 4.79 Å². The molecule has 5 heteroatoms. The minimum absolute atomic E-state index is 0.113. The first-order chi connectivity index (χ1) is 9.53. The van der Waals surface area contributed by atoms with Crippen molar-refractivity contribution in [1.29, 1.82) is 0 Å². The standard InChI is InChI=1S/C15H20N2OS2/c1-15(2,11-16)14(18)17(9-12-5-3-7-19-12)10-13-6-4-8-20-13/h3-8H,9-11,16H2,1-2H3. The highest BCUT2D eigenvalue weighted by Crippen LogP contribution is 2.23. The fourth-order valence-electron chi connectivity index (χ4n) is 1.90. The maximum absolute atomic E-state index is 12.7. The second-order valence-corrected chi connectivity index (χ2v) is 7.47. The minimum Gasteiger partial charge on any atom is -0.332 e. The zero-order valence-electron chi connectivity index (χ0n) is 11.8. The molecule has 0 saturated carbocycles. The summed E-state index contributed by atoms with van der Waals surface area (Å²) >= 11 is 3.36. The lowest BCUT2D eigenvalue weighted by Gasteiger charge is -2.30. The van der Waals surface area contributed by atoms with Gasteiger partial charge in [-0.2, -0.15) is 0 Å². The van der Waals surface area contributed by atoms with E-state index in [0.717, 1.165) is 0 Å². The summed E-state index contributed by atoms with van der Waals surface area (Å²) in [7, 11) is 0.